The van der Waals surface area contributed by atoms with Gasteiger partial charge in [-0.2, -0.15) is 10.3 Å². The number of anilines is 1. The lowest BCUT2D eigenvalue weighted by Crippen LogP contribution is -2.18. The fourth-order valence-electron chi connectivity index (χ4n) is 3.67. The molecule has 0 spiro atoms. The summed E-state index contributed by atoms with van der Waals surface area (Å²) in [6.07, 6.45) is 14.8. The Labute approximate surface area is 185 Å². The second-order valence-corrected chi connectivity index (χ2v) is 9.11. The monoisotopic (exact) mass is 423 g/mol. The molecule has 0 fully saturated rings. The van der Waals surface area contributed by atoms with Gasteiger partial charge in [0.1, 0.15) is 11.6 Å². The number of hydrogen-bond acceptors (Lipinski definition) is 5. The molecule has 30 heavy (non-hydrogen) atoms. The van der Waals surface area contributed by atoms with Crippen LogP contribution in [0.3, 0.4) is 0 Å². The van der Waals surface area contributed by atoms with E-state index in [1.807, 2.05) is 12.1 Å². The number of benzene rings is 1. The van der Waals surface area contributed by atoms with E-state index < -0.39 is 0 Å². The van der Waals surface area contributed by atoms with Crippen LogP contribution in [0, 0.1) is 11.3 Å². The zero-order valence-electron chi connectivity index (χ0n) is 18.1. The number of unbranched alkanes of at least 4 members (excludes halogenated alkanes) is 9. The molecule has 1 aliphatic rings. The smallest absolute Gasteiger partial charge is 0.295 e. The van der Waals surface area contributed by atoms with Gasteiger partial charge in [-0.05, 0) is 43.2 Å². The van der Waals surface area contributed by atoms with Gasteiger partial charge in [-0.15, -0.1) is 11.3 Å². The summed E-state index contributed by atoms with van der Waals surface area (Å²) in [6.45, 7) is 2.84. The normalized spacial score (nSPS) is 12.6. The third kappa shape index (κ3) is 7.18. The number of nitriles is 1. The van der Waals surface area contributed by atoms with E-state index >= 15 is 0 Å². The molecule has 5 heteroatoms. The van der Waals surface area contributed by atoms with Crippen molar-refractivity contribution in [1.82, 2.24) is 0 Å². The van der Waals surface area contributed by atoms with Crippen molar-refractivity contribution in [3.63, 3.8) is 0 Å². The van der Waals surface area contributed by atoms with Gasteiger partial charge in [0, 0.05) is 16.1 Å². The minimum atomic E-state index is 0.527. The summed E-state index contributed by atoms with van der Waals surface area (Å²) in [7, 11) is 0. The minimum absolute atomic E-state index is 0.527. The van der Waals surface area contributed by atoms with Gasteiger partial charge in [0.2, 0.25) is 0 Å². The van der Waals surface area contributed by atoms with E-state index in [1.165, 1.54) is 74.6 Å². The number of nitrogens with zero attached hydrogens (tertiary/aromatic N) is 2. The fraction of sp³-hybridized carbons (Fsp3) is 0.520. The molecule has 0 unspecified atom stereocenters. The number of rotatable bonds is 12. The molecule has 0 bridgehead atoms. The summed E-state index contributed by atoms with van der Waals surface area (Å²) in [5, 5.41) is 13.1. The molecule has 1 aromatic heterocycles. The van der Waals surface area contributed by atoms with Crippen molar-refractivity contribution in [2.75, 3.05) is 5.32 Å². The number of thiophene rings is 1. The number of nitrogens with one attached hydrogen (secondary N) is 1. The molecule has 0 amide bonds. The van der Waals surface area contributed by atoms with Crippen molar-refractivity contribution in [2.45, 2.75) is 84.2 Å². The summed E-state index contributed by atoms with van der Waals surface area (Å²) < 4.78 is 5.76. The quantitative estimate of drug-likeness (QED) is 0.356. The van der Waals surface area contributed by atoms with Gasteiger partial charge < -0.3 is 10.1 Å². The van der Waals surface area contributed by atoms with Crippen LogP contribution in [0.15, 0.2) is 35.3 Å². The average molecular weight is 424 g/mol. The molecule has 0 saturated heterocycles. The van der Waals surface area contributed by atoms with Gasteiger partial charge in [-0.3, -0.25) is 0 Å². The van der Waals surface area contributed by atoms with Crippen molar-refractivity contribution >= 4 is 28.0 Å². The summed E-state index contributed by atoms with van der Waals surface area (Å²) >= 11 is 1.78. The molecule has 2 heterocycles. The van der Waals surface area contributed by atoms with Crippen molar-refractivity contribution in [3.05, 3.63) is 46.3 Å². The number of amidine groups is 1. The first kappa shape index (κ1) is 22.4. The van der Waals surface area contributed by atoms with Gasteiger partial charge in [0.25, 0.3) is 6.02 Å². The minimum Gasteiger partial charge on any atom is -0.460 e. The van der Waals surface area contributed by atoms with Crippen molar-refractivity contribution in [3.8, 4) is 6.07 Å². The summed E-state index contributed by atoms with van der Waals surface area (Å²) in [4.78, 5) is 6.05. The molecule has 1 N–H and O–H groups in total. The number of hydrogen-bond donors (Lipinski definition) is 1. The van der Waals surface area contributed by atoms with Crippen LogP contribution in [-0.4, -0.2) is 6.02 Å². The number of fused-ring (bicyclic) bond motifs is 1. The third-order valence-corrected chi connectivity index (χ3v) is 6.58. The highest BCUT2D eigenvalue weighted by molar-refractivity contribution is 7.16. The second kappa shape index (κ2) is 12.4. The first-order valence-corrected chi connectivity index (χ1v) is 12.2. The number of aryl methyl sites for hydroxylation is 1. The lowest BCUT2D eigenvalue weighted by molar-refractivity contribution is 0.287. The van der Waals surface area contributed by atoms with Gasteiger partial charge in [0.15, 0.2) is 0 Å². The van der Waals surface area contributed by atoms with Gasteiger partial charge in [0.05, 0.1) is 11.6 Å². The van der Waals surface area contributed by atoms with Crippen LogP contribution in [0.4, 0.5) is 10.7 Å². The highest BCUT2D eigenvalue weighted by Gasteiger charge is 2.17. The van der Waals surface area contributed by atoms with E-state index in [1.54, 1.807) is 23.5 Å². The largest absolute Gasteiger partial charge is 0.460 e. The molecule has 0 aliphatic carbocycles. The molecular weight excluding hydrogens is 390 g/mol. The maximum absolute atomic E-state index is 8.90. The van der Waals surface area contributed by atoms with Gasteiger partial charge in [-0.25, -0.2) is 0 Å². The maximum Gasteiger partial charge on any atom is 0.295 e. The van der Waals surface area contributed by atoms with Crippen molar-refractivity contribution < 1.29 is 4.74 Å². The Morgan fingerprint density at radius 3 is 2.33 bits per heavy atom. The van der Waals surface area contributed by atoms with Crippen LogP contribution >= 0.6 is 11.3 Å². The van der Waals surface area contributed by atoms with Crippen LogP contribution in [0.1, 0.15) is 87.1 Å². The van der Waals surface area contributed by atoms with E-state index in [0.717, 1.165) is 17.1 Å². The first-order chi connectivity index (χ1) is 14.8. The summed E-state index contributed by atoms with van der Waals surface area (Å²) in [5.41, 5.74) is 2.70. The van der Waals surface area contributed by atoms with E-state index in [4.69, 9.17) is 10.00 Å². The lowest BCUT2D eigenvalue weighted by Gasteiger charge is -2.15. The Morgan fingerprint density at radius 2 is 1.67 bits per heavy atom. The van der Waals surface area contributed by atoms with Crippen LogP contribution in [0.5, 0.6) is 0 Å². The molecule has 0 saturated carbocycles. The Hall–Kier alpha value is -2.32. The van der Waals surface area contributed by atoms with E-state index in [9.17, 15) is 0 Å². The predicted octanol–water partition coefficient (Wildman–Crippen LogP) is 7.71. The number of aliphatic imine (C=N–C) groups is 1. The molecular formula is C25H33N3OS. The third-order valence-electron chi connectivity index (χ3n) is 5.45. The Balaban J connectivity index is 1.37. The Kier molecular flexibility index (Phi) is 9.24. The fourth-order valence-corrected chi connectivity index (χ4v) is 4.74. The van der Waals surface area contributed by atoms with E-state index in [0.29, 0.717) is 18.2 Å². The Bertz CT molecular complexity index is 848. The van der Waals surface area contributed by atoms with Crippen LogP contribution < -0.4 is 5.32 Å². The molecule has 1 aromatic carbocycles. The van der Waals surface area contributed by atoms with Crippen LogP contribution in [-0.2, 0) is 17.8 Å². The maximum atomic E-state index is 8.90. The van der Waals surface area contributed by atoms with E-state index in [2.05, 4.69) is 29.4 Å². The number of ether oxygens (including phenoxy) is 1. The van der Waals surface area contributed by atoms with Crippen LogP contribution in [0.2, 0.25) is 0 Å². The first-order valence-electron chi connectivity index (χ1n) is 11.4. The lowest BCUT2D eigenvalue weighted by atomic mass is 10.1. The van der Waals surface area contributed by atoms with Gasteiger partial charge in [-0.1, -0.05) is 64.7 Å². The highest BCUT2D eigenvalue weighted by Crippen LogP contribution is 2.35. The highest BCUT2D eigenvalue weighted by atomic mass is 32.1. The zero-order valence-corrected chi connectivity index (χ0v) is 18.9. The molecule has 1 aliphatic heterocycles. The molecule has 160 valence electrons. The molecule has 2 aromatic rings. The van der Waals surface area contributed by atoms with Crippen molar-refractivity contribution in [1.29, 1.82) is 5.26 Å². The molecule has 0 atom stereocenters. The molecule has 3 rings (SSSR count). The standard InChI is InChI=1S/C25H33N3OS/c1-2-3-4-5-6-7-8-9-10-11-12-23-17-21-19-29-25(28-24(21)30-23)27-22-15-13-20(18-26)14-16-22/h13-17H,2-12,19H2,1H3,(H,27,28). The van der Waals surface area contributed by atoms with Gasteiger partial charge >= 0.3 is 0 Å². The summed E-state index contributed by atoms with van der Waals surface area (Å²) in [5.74, 6) is 0. The van der Waals surface area contributed by atoms with Crippen molar-refractivity contribution in [2.24, 2.45) is 4.99 Å². The average Bonchev–Trinajstić information content (AvgIpc) is 3.17. The molecule has 4 nitrogen and oxygen atoms in total. The SMILES string of the molecule is CCCCCCCCCCCCc1cc2c(s1)N=C(Nc1ccc(C#N)cc1)OC2. The van der Waals surface area contributed by atoms with E-state index in [-0.39, 0.29) is 0 Å². The summed E-state index contributed by atoms with van der Waals surface area (Å²) in [6, 6.07) is 12.2. The predicted molar refractivity (Wildman–Crippen MR) is 127 cm³/mol. The Morgan fingerprint density at radius 1 is 1.00 bits per heavy atom. The molecule has 0 radical (unpaired) electrons. The zero-order chi connectivity index (χ0) is 21.0. The second-order valence-electron chi connectivity index (χ2n) is 7.99. The topological polar surface area (TPSA) is 57.4 Å². The van der Waals surface area contributed by atoms with Crippen LogP contribution in [0.25, 0.3) is 0 Å².